The maximum atomic E-state index is 5.82. The molecule has 2 atom stereocenters. The average molecular weight is 216 g/mol. The Morgan fingerprint density at radius 3 is 2.75 bits per heavy atom. The van der Waals surface area contributed by atoms with Crippen molar-refractivity contribution in [2.75, 3.05) is 0 Å². The van der Waals surface area contributed by atoms with Crippen molar-refractivity contribution in [3.05, 3.63) is 36.5 Å². The third kappa shape index (κ3) is 2.14. The maximum absolute atomic E-state index is 5.82. The summed E-state index contributed by atoms with van der Waals surface area (Å²) in [5, 5.41) is 1.03. The van der Waals surface area contributed by atoms with Crippen LogP contribution in [0.3, 0.4) is 0 Å². The summed E-state index contributed by atoms with van der Waals surface area (Å²) in [6.07, 6.45) is 1.77. The van der Waals surface area contributed by atoms with Crippen molar-refractivity contribution in [3.63, 3.8) is 0 Å². The van der Waals surface area contributed by atoms with Crippen LogP contribution in [0.4, 0.5) is 0 Å². The van der Waals surface area contributed by atoms with Gasteiger partial charge in [0.1, 0.15) is 11.9 Å². The Bertz CT molecular complexity index is 477. The number of hydrogen-bond acceptors (Lipinski definition) is 3. The number of ether oxygens (including phenoxy) is 1. The van der Waals surface area contributed by atoms with Gasteiger partial charge in [-0.05, 0) is 38.1 Å². The molecule has 1 heterocycles. The predicted octanol–water partition coefficient (Wildman–Crippen LogP) is 2.35. The van der Waals surface area contributed by atoms with E-state index >= 15 is 0 Å². The minimum absolute atomic E-state index is 0.00641. The van der Waals surface area contributed by atoms with E-state index in [2.05, 4.69) is 4.98 Å². The van der Waals surface area contributed by atoms with Crippen LogP contribution in [-0.4, -0.2) is 17.1 Å². The molecule has 0 spiro atoms. The average Bonchev–Trinajstić information content (AvgIpc) is 2.29. The van der Waals surface area contributed by atoms with Crippen molar-refractivity contribution in [2.24, 2.45) is 5.73 Å². The molecule has 0 aliphatic carbocycles. The zero-order valence-corrected chi connectivity index (χ0v) is 9.55. The van der Waals surface area contributed by atoms with Gasteiger partial charge in [0.15, 0.2) is 0 Å². The van der Waals surface area contributed by atoms with Gasteiger partial charge in [-0.2, -0.15) is 0 Å². The summed E-state index contributed by atoms with van der Waals surface area (Å²) in [6, 6.07) is 9.78. The molecule has 3 nitrogen and oxygen atoms in total. The highest BCUT2D eigenvalue weighted by Gasteiger charge is 2.10. The summed E-state index contributed by atoms with van der Waals surface area (Å²) in [7, 11) is 0. The van der Waals surface area contributed by atoms with Gasteiger partial charge >= 0.3 is 0 Å². The van der Waals surface area contributed by atoms with E-state index in [0.717, 1.165) is 16.7 Å². The number of fused-ring (bicyclic) bond motifs is 1. The molecular weight excluding hydrogens is 200 g/mol. The fourth-order valence-corrected chi connectivity index (χ4v) is 1.49. The molecule has 16 heavy (non-hydrogen) atoms. The van der Waals surface area contributed by atoms with Gasteiger partial charge in [-0.25, -0.2) is 0 Å². The van der Waals surface area contributed by atoms with Crippen LogP contribution in [0, 0.1) is 0 Å². The van der Waals surface area contributed by atoms with Gasteiger partial charge < -0.3 is 10.5 Å². The molecule has 0 fully saturated rings. The van der Waals surface area contributed by atoms with Gasteiger partial charge in [0.25, 0.3) is 0 Å². The first kappa shape index (κ1) is 10.9. The normalized spacial score (nSPS) is 14.7. The van der Waals surface area contributed by atoms with Gasteiger partial charge in [-0.1, -0.05) is 6.07 Å². The standard InChI is InChI=1S/C13H16N2O/c1-9(14)10(2)16-13-7-3-6-12-11(13)5-4-8-15-12/h3-10H,14H2,1-2H3. The first-order valence-corrected chi connectivity index (χ1v) is 5.44. The minimum Gasteiger partial charge on any atom is -0.488 e. The van der Waals surface area contributed by atoms with Crippen molar-refractivity contribution in [3.8, 4) is 5.75 Å². The van der Waals surface area contributed by atoms with Crippen LogP contribution in [-0.2, 0) is 0 Å². The predicted molar refractivity (Wildman–Crippen MR) is 65.5 cm³/mol. The molecule has 0 bridgehead atoms. The summed E-state index contributed by atoms with van der Waals surface area (Å²) in [5.41, 5.74) is 6.73. The highest BCUT2D eigenvalue weighted by molar-refractivity contribution is 5.84. The molecule has 0 saturated heterocycles. The molecule has 84 valence electrons. The van der Waals surface area contributed by atoms with Gasteiger partial charge in [0, 0.05) is 17.6 Å². The van der Waals surface area contributed by atoms with Gasteiger partial charge in [0.2, 0.25) is 0 Å². The number of pyridine rings is 1. The van der Waals surface area contributed by atoms with Crippen molar-refractivity contribution < 1.29 is 4.74 Å². The number of aromatic nitrogens is 1. The molecule has 1 aromatic carbocycles. The van der Waals surface area contributed by atoms with Crippen molar-refractivity contribution in [1.82, 2.24) is 4.98 Å². The van der Waals surface area contributed by atoms with Crippen LogP contribution >= 0.6 is 0 Å². The molecule has 2 N–H and O–H groups in total. The van der Waals surface area contributed by atoms with E-state index in [9.17, 15) is 0 Å². The summed E-state index contributed by atoms with van der Waals surface area (Å²) in [4.78, 5) is 4.28. The molecule has 3 heteroatoms. The Labute approximate surface area is 95.2 Å². The Kier molecular flexibility index (Phi) is 3.06. The second-order valence-corrected chi connectivity index (χ2v) is 4.01. The third-order valence-corrected chi connectivity index (χ3v) is 2.66. The van der Waals surface area contributed by atoms with Crippen LogP contribution in [0.25, 0.3) is 10.9 Å². The number of benzene rings is 1. The van der Waals surface area contributed by atoms with E-state index in [-0.39, 0.29) is 12.1 Å². The van der Waals surface area contributed by atoms with E-state index in [0.29, 0.717) is 0 Å². The molecule has 0 aliphatic rings. The van der Waals surface area contributed by atoms with Crippen molar-refractivity contribution in [2.45, 2.75) is 26.0 Å². The first-order valence-electron chi connectivity index (χ1n) is 5.44. The van der Waals surface area contributed by atoms with Crippen molar-refractivity contribution >= 4 is 10.9 Å². The second-order valence-electron chi connectivity index (χ2n) is 4.01. The van der Waals surface area contributed by atoms with Gasteiger partial charge in [0.05, 0.1) is 5.52 Å². The van der Waals surface area contributed by atoms with Crippen LogP contribution in [0.5, 0.6) is 5.75 Å². The lowest BCUT2D eigenvalue weighted by Gasteiger charge is -2.18. The Hall–Kier alpha value is -1.61. The monoisotopic (exact) mass is 216 g/mol. The highest BCUT2D eigenvalue weighted by Crippen LogP contribution is 2.24. The molecule has 0 amide bonds. The molecule has 2 aromatic rings. The smallest absolute Gasteiger partial charge is 0.129 e. The number of rotatable bonds is 3. The highest BCUT2D eigenvalue weighted by atomic mass is 16.5. The summed E-state index contributed by atoms with van der Waals surface area (Å²) in [5.74, 6) is 0.843. The lowest BCUT2D eigenvalue weighted by atomic mass is 10.2. The van der Waals surface area contributed by atoms with E-state index in [1.54, 1.807) is 6.20 Å². The van der Waals surface area contributed by atoms with Gasteiger partial charge in [-0.15, -0.1) is 0 Å². The van der Waals surface area contributed by atoms with Crippen LogP contribution in [0.15, 0.2) is 36.5 Å². The van der Waals surface area contributed by atoms with E-state index in [1.807, 2.05) is 44.2 Å². The van der Waals surface area contributed by atoms with E-state index in [1.165, 1.54) is 0 Å². The Morgan fingerprint density at radius 2 is 2.00 bits per heavy atom. The molecule has 0 aliphatic heterocycles. The quantitative estimate of drug-likeness (QED) is 0.856. The summed E-state index contributed by atoms with van der Waals surface area (Å²) in [6.45, 7) is 3.91. The second kappa shape index (κ2) is 4.49. The van der Waals surface area contributed by atoms with Crippen LogP contribution < -0.4 is 10.5 Å². The van der Waals surface area contributed by atoms with Crippen LogP contribution in [0.1, 0.15) is 13.8 Å². The molecule has 2 unspecified atom stereocenters. The zero-order chi connectivity index (χ0) is 11.5. The zero-order valence-electron chi connectivity index (χ0n) is 9.55. The fourth-order valence-electron chi connectivity index (χ4n) is 1.49. The number of nitrogens with two attached hydrogens (primary N) is 1. The summed E-state index contributed by atoms with van der Waals surface area (Å²) >= 11 is 0. The largest absolute Gasteiger partial charge is 0.488 e. The molecule has 0 radical (unpaired) electrons. The summed E-state index contributed by atoms with van der Waals surface area (Å²) < 4.78 is 5.82. The minimum atomic E-state index is -0.00851. The molecule has 2 rings (SSSR count). The third-order valence-electron chi connectivity index (χ3n) is 2.66. The van der Waals surface area contributed by atoms with E-state index < -0.39 is 0 Å². The Balaban J connectivity index is 2.37. The number of nitrogens with zero attached hydrogens (tertiary/aromatic N) is 1. The van der Waals surface area contributed by atoms with Gasteiger partial charge in [-0.3, -0.25) is 4.98 Å². The number of hydrogen-bond donors (Lipinski definition) is 1. The van der Waals surface area contributed by atoms with E-state index in [4.69, 9.17) is 10.5 Å². The topological polar surface area (TPSA) is 48.1 Å². The van der Waals surface area contributed by atoms with Crippen LogP contribution in [0.2, 0.25) is 0 Å². The fraction of sp³-hybridized carbons (Fsp3) is 0.308. The first-order chi connectivity index (χ1) is 7.68. The lowest BCUT2D eigenvalue weighted by Crippen LogP contribution is -2.33. The molecule has 1 aromatic heterocycles. The molecule has 0 saturated carbocycles. The SMILES string of the molecule is CC(N)C(C)Oc1cccc2ncccc12. The molecular formula is C13H16N2O. The maximum Gasteiger partial charge on any atom is 0.129 e. The Morgan fingerprint density at radius 1 is 1.19 bits per heavy atom. The lowest BCUT2D eigenvalue weighted by molar-refractivity contribution is 0.199. The van der Waals surface area contributed by atoms with Crippen molar-refractivity contribution in [1.29, 1.82) is 0 Å².